The Morgan fingerprint density at radius 3 is 2.61 bits per heavy atom. The van der Waals surface area contributed by atoms with Crippen LogP contribution >= 0.6 is 0 Å². The van der Waals surface area contributed by atoms with Gasteiger partial charge in [0.15, 0.2) is 6.29 Å². The fraction of sp³-hybridized carbons (Fsp3) is 0.286. The van der Waals surface area contributed by atoms with E-state index in [9.17, 15) is 9.59 Å². The maximum atomic E-state index is 12.1. The van der Waals surface area contributed by atoms with Crippen LogP contribution in [0.25, 0.3) is 11.3 Å². The largest absolute Gasteiger partial charge is 0.298 e. The van der Waals surface area contributed by atoms with Gasteiger partial charge in [-0.3, -0.25) is 14.3 Å². The van der Waals surface area contributed by atoms with Crippen molar-refractivity contribution in [2.45, 2.75) is 26.4 Å². The third kappa shape index (κ3) is 1.38. The number of hydrogen-bond donors (Lipinski definition) is 0. The molecule has 18 heavy (non-hydrogen) atoms. The summed E-state index contributed by atoms with van der Waals surface area (Å²) in [4.78, 5) is 23.3. The van der Waals surface area contributed by atoms with Crippen LogP contribution in [0.15, 0.2) is 29.1 Å². The highest BCUT2D eigenvalue weighted by atomic mass is 16.1. The number of hydrogen-bond acceptors (Lipinski definition) is 2. The highest BCUT2D eigenvalue weighted by Gasteiger charge is 2.24. The molecule has 1 aliphatic heterocycles. The minimum absolute atomic E-state index is 0.166. The number of aryl methyl sites for hydroxylation is 1. The van der Waals surface area contributed by atoms with Crippen LogP contribution in [0.2, 0.25) is 0 Å². The van der Waals surface area contributed by atoms with Gasteiger partial charge in [-0.1, -0.05) is 24.3 Å². The van der Waals surface area contributed by atoms with Crippen molar-refractivity contribution in [3.05, 3.63) is 45.7 Å². The maximum absolute atomic E-state index is 12.1. The second kappa shape index (κ2) is 3.98. The van der Waals surface area contributed by atoms with Gasteiger partial charge >= 0.3 is 0 Å². The van der Waals surface area contributed by atoms with E-state index in [2.05, 4.69) is 0 Å². The van der Waals surface area contributed by atoms with Crippen LogP contribution in [0.5, 0.6) is 0 Å². The molecule has 3 rings (SSSR count). The molecule has 92 valence electrons. The Hall–Kier alpha value is -2.10. The fourth-order valence-corrected chi connectivity index (χ4v) is 2.66. The number of carbonyl (C=O) groups excluding carboxylic acids is 1. The van der Waals surface area contributed by atoms with Crippen molar-refractivity contribution in [3.8, 4) is 11.3 Å². The molecule has 4 nitrogen and oxygen atoms in total. The van der Waals surface area contributed by atoms with E-state index < -0.39 is 0 Å². The summed E-state index contributed by atoms with van der Waals surface area (Å²) in [5.41, 5.74) is 2.93. The van der Waals surface area contributed by atoms with Crippen molar-refractivity contribution in [1.29, 1.82) is 0 Å². The number of aldehydes is 1. The Morgan fingerprint density at radius 1 is 1.17 bits per heavy atom. The number of aromatic nitrogens is 2. The number of rotatable bonds is 2. The Morgan fingerprint density at radius 2 is 1.89 bits per heavy atom. The smallest absolute Gasteiger partial charge is 0.277 e. The molecule has 0 bridgehead atoms. The Bertz CT molecular complexity index is 680. The minimum Gasteiger partial charge on any atom is -0.298 e. The lowest BCUT2D eigenvalue weighted by Crippen LogP contribution is -2.18. The Balaban J connectivity index is 2.36. The van der Waals surface area contributed by atoms with E-state index in [-0.39, 0.29) is 11.1 Å². The van der Waals surface area contributed by atoms with Crippen LogP contribution in [-0.4, -0.2) is 15.6 Å². The van der Waals surface area contributed by atoms with Gasteiger partial charge in [0.1, 0.15) is 5.56 Å². The van der Waals surface area contributed by atoms with Crippen LogP contribution in [-0.2, 0) is 13.1 Å². The summed E-state index contributed by atoms with van der Waals surface area (Å²) in [7, 11) is 0. The summed E-state index contributed by atoms with van der Waals surface area (Å²) in [6.07, 6.45) is 1.63. The quantitative estimate of drug-likeness (QED) is 0.754. The molecule has 0 atom stereocenters. The summed E-state index contributed by atoms with van der Waals surface area (Å²) < 4.78 is 3.61. The molecule has 0 spiro atoms. The maximum Gasteiger partial charge on any atom is 0.277 e. The molecule has 0 fully saturated rings. The van der Waals surface area contributed by atoms with Crippen LogP contribution in [0.3, 0.4) is 0 Å². The summed E-state index contributed by atoms with van der Waals surface area (Å²) in [5.74, 6) is 0. The first kappa shape index (κ1) is 11.0. The summed E-state index contributed by atoms with van der Waals surface area (Å²) in [5, 5.41) is 0. The summed E-state index contributed by atoms with van der Waals surface area (Å²) in [6.45, 7) is 3.49. The second-order valence-corrected chi connectivity index (χ2v) is 4.60. The van der Waals surface area contributed by atoms with Gasteiger partial charge in [-0.05, 0) is 18.9 Å². The zero-order chi connectivity index (χ0) is 12.7. The zero-order valence-electron chi connectivity index (χ0n) is 10.2. The van der Waals surface area contributed by atoms with E-state index in [0.717, 1.165) is 29.8 Å². The normalized spacial score (nSPS) is 13.6. The molecule has 4 heteroatoms. The molecule has 0 radical (unpaired) electrons. The van der Waals surface area contributed by atoms with Crippen molar-refractivity contribution in [1.82, 2.24) is 9.36 Å². The van der Waals surface area contributed by atoms with Gasteiger partial charge in [0.25, 0.3) is 5.56 Å². The van der Waals surface area contributed by atoms with Gasteiger partial charge in [-0.2, -0.15) is 0 Å². The first-order chi connectivity index (χ1) is 8.74. The van der Waals surface area contributed by atoms with Gasteiger partial charge < -0.3 is 0 Å². The highest BCUT2D eigenvalue weighted by Crippen LogP contribution is 2.27. The van der Waals surface area contributed by atoms with Crippen molar-refractivity contribution >= 4 is 6.29 Å². The van der Waals surface area contributed by atoms with Gasteiger partial charge in [-0.25, -0.2) is 4.68 Å². The monoisotopic (exact) mass is 242 g/mol. The van der Waals surface area contributed by atoms with E-state index in [4.69, 9.17) is 0 Å². The van der Waals surface area contributed by atoms with Gasteiger partial charge in [0.2, 0.25) is 0 Å². The van der Waals surface area contributed by atoms with E-state index >= 15 is 0 Å². The van der Waals surface area contributed by atoms with Crippen molar-refractivity contribution < 1.29 is 4.79 Å². The fourth-order valence-electron chi connectivity index (χ4n) is 2.66. The third-order valence-electron chi connectivity index (χ3n) is 3.53. The molecule has 0 aliphatic carbocycles. The SMILES string of the molecule is Cc1ccccc1-c1c(C=O)c(=O)n2n1CCC2. The van der Waals surface area contributed by atoms with Crippen molar-refractivity contribution in [2.24, 2.45) is 0 Å². The summed E-state index contributed by atoms with van der Waals surface area (Å²) >= 11 is 0. The lowest BCUT2D eigenvalue weighted by molar-refractivity contribution is 0.112. The molecule has 0 unspecified atom stereocenters. The second-order valence-electron chi connectivity index (χ2n) is 4.60. The first-order valence-corrected chi connectivity index (χ1v) is 6.09. The highest BCUT2D eigenvalue weighted by molar-refractivity contribution is 5.86. The van der Waals surface area contributed by atoms with Crippen molar-refractivity contribution in [2.75, 3.05) is 0 Å². The molecule has 1 aromatic carbocycles. The van der Waals surface area contributed by atoms with E-state index in [1.807, 2.05) is 35.9 Å². The molecule has 2 heterocycles. The van der Waals surface area contributed by atoms with Crippen molar-refractivity contribution in [3.63, 3.8) is 0 Å². The molecule has 0 saturated heterocycles. The molecule has 0 saturated carbocycles. The lowest BCUT2D eigenvalue weighted by Gasteiger charge is -2.09. The molecule has 0 N–H and O–H groups in total. The molecule has 1 aliphatic rings. The Kier molecular flexibility index (Phi) is 2.44. The average Bonchev–Trinajstić information content (AvgIpc) is 2.93. The molecule has 1 aromatic heterocycles. The minimum atomic E-state index is -0.166. The van der Waals surface area contributed by atoms with Crippen LogP contribution in [0.4, 0.5) is 0 Å². The molecule has 2 aromatic rings. The number of benzene rings is 1. The number of carbonyl (C=O) groups is 1. The van der Waals surface area contributed by atoms with Crippen LogP contribution < -0.4 is 5.56 Å². The number of nitrogens with zero attached hydrogens (tertiary/aromatic N) is 2. The van der Waals surface area contributed by atoms with E-state index in [1.54, 1.807) is 4.68 Å². The van der Waals surface area contributed by atoms with Gasteiger partial charge in [-0.15, -0.1) is 0 Å². The molecular formula is C14H14N2O2. The molecular weight excluding hydrogens is 228 g/mol. The third-order valence-corrected chi connectivity index (χ3v) is 3.53. The van der Waals surface area contributed by atoms with E-state index in [1.165, 1.54) is 0 Å². The predicted octanol–water partition coefficient (Wildman–Crippen LogP) is 1.84. The lowest BCUT2D eigenvalue weighted by atomic mass is 10.0. The standard InChI is InChI=1S/C14H14N2O2/c1-10-5-2-3-6-11(10)13-12(9-17)14(18)16-8-4-7-15(13)16/h2-3,5-6,9H,4,7-8H2,1H3. The van der Waals surface area contributed by atoms with Gasteiger partial charge in [0, 0.05) is 18.7 Å². The van der Waals surface area contributed by atoms with E-state index in [0.29, 0.717) is 12.8 Å². The average molecular weight is 242 g/mol. The first-order valence-electron chi connectivity index (χ1n) is 6.09. The van der Waals surface area contributed by atoms with Crippen LogP contribution in [0.1, 0.15) is 22.3 Å². The Labute approximate surface area is 104 Å². The topological polar surface area (TPSA) is 44.0 Å². The molecule has 0 amide bonds. The van der Waals surface area contributed by atoms with Gasteiger partial charge in [0.05, 0.1) is 5.69 Å². The zero-order valence-corrected chi connectivity index (χ0v) is 10.2. The summed E-state index contributed by atoms with van der Waals surface area (Å²) in [6, 6.07) is 7.84. The van der Waals surface area contributed by atoms with Crippen LogP contribution in [0, 0.1) is 6.92 Å². The predicted molar refractivity (Wildman–Crippen MR) is 68.9 cm³/mol. The number of fused-ring (bicyclic) bond motifs is 1.